The van der Waals surface area contributed by atoms with Crippen LogP contribution in [0, 0.1) is 5.92 Å². The van der Waals surface area contributed by atoms with E-state index in [2.05, 4.69) is 41.5 Å². The van der Waals surface area contributed by atoms with Crippen LogP contribution in [0.4, 0.5) is 0 Å². The third-order valence-electron chi connectivity index (χ3n) is 3.87. The summed E-state index contributed by atoms with van der Waals surface area (Å²) in [5.74, 6) is 0.784. The first-order valence-electron chi connectivity index (χ1n) is 9.39. The lowest BCUT2D eigenvalue weighted by molar-refractivity contribution is 0.0459. The van der Waals surface area contributed by atoms with E-state index >= 15 is 0 Å². The Morgan fingerprint density at radius 3 is 1.71 bits per heavy atom. The number of unbranched alkanes of at least 4 members (excludes halogenated alkanes) is 2. The quantitative estimate of drug-likeness (QED) is 0.375. The molecule has 2 nitrogen and oxygen atoms in total. The van der Waals surface area contributed by atoms with E-state index in [1.807, 2.05) is 0 Å². The minimum Gasteiger partial charge on any atom is -0.381 e. The summed E-state index contributed by atoms with van der Waals surface area (Å²) in [6.07, 6.45) is 10.3. The van der Waals surface area contributed by atoms with Crippen molar-refractivity contribution >= 4 is 0 Å². The molecule has 21 heavy (non-hydrogen) atoms. The Balaban J connectivity index is 0. The first-order valence-corrected chi connectivity index (χ1v) is 9.39. The third-order valence-corrected chi connectivity index (χ3v) is 3.87. The maximum Gasteiger partial charge on any atom is 0.0569 e. The average Bonchev–Trinajstić information content (AvgIpc) is 2.52. The summed E-state index contributed by atoms with van der Waals surface area (Å²) < 4.78 is 11.1. The van der Waals surface area contributed by atoms with E-state index in [0.29, 0.717) is 6.10 Å². The van der Waals surface area contributed by atoms with Crippen LogP contribution >= 0.6 is 0 Å². The molecule has 2 heteroatoms. The van der Waals surface area contributed by atoms with Gasteiger partial charge in [-0.15, -0.1) is 0 Å². The molecule has 0 N–H and O–H groups in total. The zero-order valence-corrected chi connectivity index (χ0v) is 15.7. The molecule has 0 aromatic rings. The van der Waals surface area contributed by atoms with Gasteiger partial charge in [0.15, 0.2) is 0 Å². The SMILES string of the molecule is CCCCCOC(CC)CC.CCCOCC(CC)CC. The Bertz CT molecular complexity index is 163. The van der Waals surface area contributed by atoms with Gasteiger partial charge in [-0.25, -0.2) is 0 Å². The lowest BCUT2D eigenvalue weighted by atomic mass is 10.1. The van der Waals surface area contributed by atoms with Gasteiger partial charge in [-0.05, 0) is 31.6 Å². The van der Waals surface area contributed by atoms with Crippen molar-refractivity contribution < 1.29 is 9.47 Å². The van der Waals surface area contributed by atoms with Crippen LogP contribution in [0.5, 0.6) is 0 Å². The lowest BCUT2D eigenvalue weighted by Crippen LogP contribution is -2.10. The van der Waals surface area contributed by atoms with Crippen LogP contribution in [-0.4, -0.2) is 25.9 Å². The van der Waals surface area contributed by atoms with Crippen molar-refractivity contribution in [1.29, 1.82) is 0 Å². The van der Waals surface area contributed by atoms with Gasteiger partial charge in [0.2, 0.25) is 0 Å². The summed E-state index contributed by atoms with van der Waals surface area (Å²) in [6.45, 7) is 16.0. The second-order valence-corrected chi connectivity index (χ2v) is 5.77. The lowest BCUT2D eigenvalue weighted by Gasteiger charge is -2.12. The molecule has 0 aliphatic carbocycles. The van der Waals surface area contributed by atoms with Crippen LogP contribution in [0.2, 0.25) is 0 Å². The minimum absolute atomic E-state index is 0.506. The van der Waals surface area contributed by atoms with E-state index in [1.165, 1.54) is 32.1 Å². The molecule has 0 aromatic carbocycles. The Labute approximate surface area is 135 Å². The highest BCUT2D eigenvalue weighted by molar-refractivity contribution is 4.51. The molecule has 0 spiro atoms. The van der Waals surface area contributed by atoms with Gasteiger partial charge in [0.05, 0.1) is 6.10 Å². The monoisotopic (exact) mass is 302 g/mol. The van der Waals surface area contributed by atoms with Crippen molar-refractivity contribution in [2.45, 2.75) is 99.0 Å². The molecular formula is C19H42O2. The van der Waals surface area contributed by atoms with Crippen LogP contribution in [0.15, 0.2) is 0 Å². The fraction of sp³-hybridized carbons (Fsp3) is 1.00. The maximum atomic E-state index is 5.64. The Morgan fingerprint density at radius 2 is 1.29 bits per heavy atom. The summed E-state index contributed by atoms with van der Waals surface area (Å²) in [5, 5.41) is 0. The van der Waals surface area contributed by atoms with Gasteiger partial charge in [0.25, 0.3) is 0 Å². The van der Waals surface area contributed by atoms with Crippen molar-refractivity contribution in [3.63, 3.8) is 0 Å². The first-order chi connectivity index (χ1) is 10.2. The molecule has 0 aliphatic rings. The van der Waals surface area contributed by atoms with Crippen LogP contribution < -0.4 is 0 Å². The van der Waals surface area contributed by atoms with Crippen LogP contribution in [0.3, 0.4) is 0 Å². The molecule has 0 rings (SSSR count). The van der Waals surface area contributed by atoms with Crippen molar-refractivity contribution in [2.75, 3.05) is 19.8 Å². The van der Waals surface area contributed by atoms with Gasteiger partial charge in [-0.2, -0.15) is 0 Å². The van der Waals surface area contributed by atoms with E-state index in [1.54, 1.807) is 0 Å². The van der Waals surface area contributed by atoms with E-state index in [0.717, 1.165) is 45.0 Å². The van der Waals surface area contributed by atoms with Crippen molar-refractivity contribution in [1.82, 2.24) is 0 Å². The molecule has 0 bridgehead atoms. The minimum atomic E-state index is 0.506. The van der Waals surface area contributed by atoms with E-state index in [9.17, 15) is 0 Å². The largest absolute Gasteiger partial charge is 0.381 e. The number of hydrogen-bond donors (Lipinski definition) is 0. The zero-order chi connectivity index (χ0) is 16.3. The number of rotatable bonds is 13. The first kappa shape index (κ1) is 23.2. The highest BCUT2D eigenvalue weighted by atomic mass is 16.5. The molecule has 0 saturated heterocycles. The zero-order valence-electron chi connectivity index (χ0n) is 15.7. The van der Waals surface area contributed by atoms with Gasteiger partial charge in [-0.3, -0.25) is 0 Å². The van der Waals surface area contributed by atoms with Crippen LogP contribution in [-0.2, 0) is 9.47 Å². The Morgan fingerprint density at radius 1 is 0.667 bits per heavy atom. The smallest absolute Gasteiger partial charge is 0.0569 e. The van der Waals surface area contributed by atoms with Gasteiger partial charge in [0, 0.05) is 19.8 Å². The van der Waals surface area contributed by atoms with Gasteiger partial charge in [-0.1, -0.05) is 67.2 Å². The molecule has 0 amide bonds. The van der Waals surface area contributed by atoms with Gasteiger partial charge in [0.1, 0.15) is 0 Å². The van der Waals surface area contributed by atoms with Crippen LogP contribution in [0.25, 0.3) is 0 Å². The third kappa shape index (κ3) is 17.9. The van der Waals surface area contributed by atoms with E-state index in [-0.39, 0.29) is 0 Å². The second kappa shape index (κ2) is 19.9. The topological polar surface area (TPSA) is 18.5 Å². The molecule has 130 valence electrons. The normalized spacial score (nSPS) is 10.9. The maximum absolute atomic E-state index is 5.64. The molecule has 0 unspecified atom stereocenters. The predicted octanol–water partition coefficient (Wildman–Crippen LogP) is 6.23. The number of ether oxygens (including phenoxy) is 2. The molecule has 0 radical (unpaired) electrons. The Hall–Kier alpha value is -0.0800. The highest BCUT2D eigenvalue weighted by Crippen LogP contribution is 2.07. The summed E-state index contributed by atoms with van der Waals surface area (Å²) in [5.41, 5.74) is 0. The molecule has 0 aromatic heterocycles. The fourth-order valence-corrected chi connectivity index (χ4v) is 2.05. The molecular weight excluding hydrogens is 260 g/mol. The molecule has 0 atom stereocenters. The molecule has 0 saturated carbocycles. The molecule has 0 fully saturated rings. The summed E-state index contributed by atoms with van der Waals surface area (Å²) in [7, 11) is 0. The average molecular weight is 303 g/mol. The molecule has 0 heterocycles. The molecule has 0 aliphatic heterocycles. The van der Waals surface area contributed by atoms with Crippen molar-refractivity contribution in [2.24, 2.45) is 5.92 Å². The standard InChI is InChI=1S/C10H22O.C9H20O/c1-4-7-8-9-11-10(5-2)6-3;1-4-7-10-8-9(5-2)6-3/h10H,4-9H2,1-3H3;9H,4-8H2,1-3H3. The second-order valence-electron chi connectivity index (χ2n) is 5.77. The summed E-state index contributed by atoms with van der Waals surface area (Å²) in [6, 6.07) is 0. The van der Waals surface area contributed by atoms with Gasteiger partial charge >= 0.3 is 0 Å². The van der Waals surface area contributed by atoms with Crippen molar-refractivity contribution in [3.05, 3.63) is 0 Å². The van der Waals surface area contributed by atoms with Gasteiger partial charge < -0.3 is 9.47 Å². The highest BCUT2D eigenvalue weighted by Gasteiger charge is 2.01. The van der Waals surface area contributed by atoms with E-state index in [4.69, 9.17) is 9.47 Å². The predicted molar refractivity (Wildman–Crippen MR) is 95.0 cm³/mol. The summed E-state index contributed by atoms with van der Waals surface area (Å²) >= 11 is 0. The number of hydrogen-bond acceptors (Lipinski definition) is 2. The Kier molecular flexibility index (Phi) is 22.0. The fourth-order valence-electron chi connectivity index (χ4n) is 2.05. The van der Waals surface area contributed by atoms with Crippen molar-refractivity contribution in [3.8, 4) is 0 Å². The van der Waals surface area contributed by atoms with E-state index < -0.39 is 0 Å². The summed E-state index contributed by atoms with van der Waals surface area (Å²) in [4.78, 5) is 0. The van der Waals surface area contributed by atoms with Crippen LogP contribution in [0.1, 0.15) is 92.9 Å².